The minimum absolute atomic E-state index is 0.102. The molecule has 0 saturated carbocycles. The molecule has 10 heteroatoms. The molecule has 0 unspecified atom stereocenters. The van der Waals surface area contributed by atoms with Crippen LogP contribution >= 0.6 is 0 Å². The molecule has 0 fully saturated rings. The second-order valence-corrected chi connectivity index (χ2v) is 14.2. The summed E-state index contributed by atoms with van der Waals surface area (Å²) >= 11 is 0. The molecule has 0 rings (SSSR count). The molecule has 49 heavy (non-hydrogen) atoms. The first kappa shape index (κ1) is 60.1. The minimum atomic E-state index is 0.102. The number of hydrogen-bond donors (Lipinski definition) is 5. The topological polar surface area (TPSA) is 180 Å². The monoisotopic (exact) mass is 712 g/mol. The minimum Gasteiger partial charge on any atom is -0.396 e. The first-order valence-electron chi connectivity index (χ1n) is 19.1. The van der Waals surface area contributed by atoms with E-state index in [2.05, 4.69) is 48.5 Å². The van der Waals surface area contributed by atoms with Crippen LogP contribution in [-0.4, -0.2) is 94.3 Å². The molecule has 302 valence electrons. The number of ether oxygens (including phenoxy) is 3. The molecule has 0 aromatic heterocycles. The van der Waals surface area contributed by atoms with Crippen molar-refractivity contribution in [2.45, 2.75) is 135 Å². The summed E-state index contributed by atoms with van der Waals surface area (Å²) in [5.74, 6) is 3.19. The lowest BCUT2D eigenvalue weighted by molar-refractivity contribution is -0.122. The van der Waals surface area contributed by atoms with Gasteiger partial charge in [-0.15, -0.1) is 0 Å². The molecule has 0 aromatic rings. The summed E-state index contributed by atoms with van der Waals surface area (Å²) in [6.07, 6.45) is 7.76. The van der Waals surface area contributed by atoms with E-state index in [0.717, 1.165) is 38.5 Å². The summed E-state index contributed by atoms with van der Waals surface area (Å²) in [6.45, 7) is 33.0. The normalized spacial score (nSPS) is 10.4. The van der Waals surface area contributed by atoms with Crippen LogP contribution in [0.4, 0.5) is 0 Å². The van der Waals surface area contributed by atoms with E-state index in [1.807, 2.05) is 41.5 Å². The Kier molecular flexibility index (Phi) is 63.1. The number of ketones is 2. The van der Waals surface area contributed by atoms with Crippen molar-refractivity contribution in [3.8, 4) is 0 Å². The van der Waals surface area contributed by atoms with Gasteiger partial charge in [0, 0.05) is 44.7 Å². The summed E-state index contributed by atoms with van der Waals surface area (Å²) in [6, 6.07) is 0. The van der Waals surface area contributed by atoms with Crippen molar-refractivity contribution in [1.82, 2.24) is 0 Å². The molecule has 10 nitrogen and oxygen atoms in total. The Balaban J connectivity index is -0.000000117. The number of rotatable bonds is 23. The highest BCUT2D eigenvalue weighted by atomic mass is 16.5. The van der Waals surface area contributed by atoms with Crippen LogP contribution in [0, 0.1) is 35.5 Å². The fourth-order valence-corrected chi connectivity index (χ4v) is 2.70. The maximum absolute atomic E-state index is 10.7. The van der Waals surface area contributed by atoms with Crippen molar-refractivity contribution < 1.29 is 34.0 Å². The Morgan fingerprint density at radius 2 is 1.00 bits per heavy atom. The summed E-state index contributed by atoms with van der Waals surface area (Å²) in [5.41, 5.74) is 15.5. The first-order chi connectivity index (χ1) is 22.9. The maximum Gasteiger partial charge on any atom is 0.148 e. The molecular weight excluding hydrogens is 622 g/mol. The van der Waals surface area contributed by atoms with Crippen molar-refractivity contribution in [3.05, 3.63) is 0 Å². The van der Waals surface area contributed by atoms with E-state index in [0.29, 0.717) is 70.4 Å². The molecule has 0 radical (unpaired) electrons. The van der Waals surface area contributed by atoms with Crippen molar-refractivity contribution >= 4 is 11.6 Å². The van der Waals surface area contributed by atoms with Crippen LogP contribution in [0.3, 0.4) is 0 Å². The SMILES string of the molecule is CC(C)C(=O)CCN.CC(C)C(=O)CN.CC(C)CCCCCN.CC(C)CCO.CC(C)CO.CCCOCCOCCOCC(C)C. The van der Waals surface area contributed by atoms with Gasteiger partial charge >= 0.3 is 0 Å². The zero-order chi connectivity index (χ0) is 39.5. The van der Waals surface area contributed by atoms with E-state index < -0.39 is 0 Å². The number of Topliss-reactive ketones (excluding diaryl/α,β-unsaturated/α-hetero) is 2. The van der Waals surface area contributed by atoms with Crippen LogP contribution in [0.1, 0.15) is 135 Å². The third kappa shape index (κ3) is 82.3. The average Bonchev–Trinajstić information content (AvgIpc) is 3.03. The summed E-state index contributed by atoms with van der Waals surface area (Å²) in [4.78, 5) is 21.0. The van der Waals surface area contributed by atoms with Gasteiger partial charge in [-0.25, -0.2) is 0 Å². The second kappa shape index (κ2) is 51.4. The van der Waals surface area contributed by atoms with Crippen molar-refractivity contribution in [1.29, 1.82) is 0 Å². The number of unbranched alkanes of at least 4 members (excludes halogenated alkanes) is 2. The number of aliphatic hydroxyl groups excluding tert-OH is 2. The fourth-order valence-electron chi connectivity index (χ4n) is 2.70. The lowest BCUT2D eigenvalue weighted by Crippen LogP contribution is -2.18. The zero-order valence-corrected chi connectivity index (χ0v) is 34.9. The lowest BCUT2D eigenvalue weighted by Gasteiger charge is -2.07. The van der Waals surface area contributed by atoms with E-state index >= 15 is 0 Å². The maximum atomic E-state index is 10.7. The Morgan fingerprint density at radius 1 is 0.551 bits per heavy atom. The van der Waals surface area contributed by atoms with E-state index in [-0.39, 0.29) is 29.9 Å². The van der Waals surface area contributed by atoms with Crippen molar-refractivity contribution in [2.24, 2.45) is 52.7 Å². The van der Waals surface area contributed by atoms with Gasteiger partial charge in [0.05, 0.1) is 33.0 Å². The zero-order valence-electron chi connectivity index (χ0n) is 34.9. The Hall–Kier alpha value is -0.980. The molecule has 8 N–H and O–H groups in total. The molecule has 0 aliphatic carbocycles. The highest BCUT2D eigenvalue weighted by Crippen LogP contribution is 2.06. The van der Waals surface area contributed by atoms with Gasteiger partial charge in [-0.2, -0.15) is 0 Å². The Bertz CT molecular complexity index is 603. The molecule has 0 aromatic carbocycles. The molecule has 0 heterocycles. The average molecular weight is 712 g/mol. The quantitative estimate of drug-likeness (QED) is 0.0720. The molecule has 0 spiro atoms. The van der Waals surface area contributed by atoms with Crippen molar-refractivity contribution in [2.75, 3.05) is 72.5 Å². The second-order valence-electron chi connectivity index (χ2n) is 14.2. The van der Waals surface area contributed by atoms with Gasteiger partial charge in [0.1, 0.15) is 11.6 Å². The van der Waals surface area contributed by atoms with Crippen LogP contribution in [-0.2, 0) is 23.8 Å². The third-order valence-corrected chi connectivity index (χ3v) is 5.98. The molecule has 0 atom stereocenters. The smallest absolute Gasteiger partial charge is 0.148 e. The third-order valence-electron chi connectivity index (χ3n) is 5.98. The van der Waals surface area contributed by atoms with Crippen LogP contribution < -0.4 is 17.2 Å². The van der Waals surface area contributed by atoms with Gasteiger partial charge < -0.3 is 41.6 Å². The fraction of sp³-hybridized carbons (Fsp3) is 0.949. The number of carbonyl (C=O) groups is 2. The molecule has 0 aliphatic rings. The van der Waals surface area contributed by atoms with E-state index in [1.165, 1.54) is 25.7 Å². The number of nitrogens with two attached hydrogens (primary N) is 3. The van der Waals surface area contributed by atoms with E-state index in [4.69, 9.17) is 41.6 Å². The highest BCUT2D eigenvalue weighted by molar-refractivity contribution is 5.82. The largest absolute Gasteiger partial charge is 0.396 e. The number of aliphatic hydroxyl groups is 2. The number of hydrogen-bond acceptors (Lipinski definition) is 10. The van der Waals surface area contributed by atoms with Gasteiger partial charge in [-0.1, -0.05) is 109 Å². The molecule has 0 aliphatic heterocycles. The van der Waals surface area contributed by atoms with Gasteiger partial charge in [0.2, 0.25) is 0 Å². The lowest BCUT2D eigenvalue weighted by atomic mass is 10.1. The van der Waals surface area contributed by atoms with Crippen LogP contribution in [0.15, 0.2) is 0 Å². The van der Waals surface area contributed by atoms with Crippen LogP contribution in [0.2, 0.25) is 0 Å². The highest BCUT2D eigenvalue weighted by Gasteiger charge is 2.03. The Labute approximate surface area is 305 Å². The molecular formula is C39H89N3O7. The first-order valence-corrected chi connectivity index (χ1v) is 19.1. The standard InChI is InChI=1S/C11H24O3.C8H19N.C6H13NO.C5H11NO.C5H12O.C4H10O/c1-4-5-12-6-7-13-8-9-14-10-11(2)3;1-8(2)6-4-3-5-7-9;1-5(2)6(8)3-4-7;1-4(2)5(7)3-6;1-5(2)3-4-6;1-4(2)3-5/h11H,4-10H2,1-3H3;8H,3-7,9H2,1-2H3;5H,3-4,7H2,1-2H3;4H,3,6H2,1-2H3;5-6H,3-4H2,1-2H3;4-5H,3H2,1-2H3. The predicted octanol–water partition coefficient (Wildman–Crippen LogP) is 6.65. The predicted molar refractivity (Wildman–Crippen MR) is 211 cm³/mol. The van der Waals surface area contributed by atoms with Gasteiger partial charge in [-0.05, 0) is 56.0 Å². The Morgan fingerprint density at radius 3 is 1.24 bits per heavy atom. The number of carbonyl (C=O) groups excluding carboxylic acids is 2. The van der Waals surface area contributed by atoms with Gasteiger partial charge in [0.15, 0.2) is 0 Å². The van der Waals surface area contributed by atoms with E-state index in [9.17, 15) is 9.59 Å². The molecule has 0 saturated heterocycles. The summed E-state index contributed by atoms with van der Waals surface area (Å²) < 4.78 is 15.9. The van der Waals surface area contributed by atoms with E-state index in [1.54, 1.807) is 0 Å². The van der Waals surface area contributed by atoms with Crippen LogP contribution in [0.25, 0.3) is 0 Å². The molecule has 0 amide bonds. The van der Waals surface area contributed by atoms with Gasteiger partial charge in [-0.3, -0.25) is 9.59 Å². The van der Waals surface area contributed by atoms with Crippen molar-refractivity contribution in [3.63, 3.8) is 0 Å². The molecule has 0 bridgehead atoms. The van der Waals surface area contributed by atoms with Crippen LogP contribution in [0.5, 0.6) is 0 Å². The summed E-state index contributed by atoms with van der Waals surface area (Å²) in [5, 5.41) is 16.4. The summed E-state index contributed by atoms with van der Waals surface area (Å²) in [7, 11) is 0. The van der Waals surface area contributed by atoms with Gasteiger partial charge in [0.25, 0.3) is 0 Å².